The monoisotopic (exact) mass is 269 g/mol. The summed E-state index contributed by atoms with van der Waals surface area (Å²) in [7, 11) is 0. The van der Waals surface area contributed by atoms with Crippen LogP contribution in [0, 0.1) is 6.92 Å². The van der Waals surface area contributed by atoms with Crippen LogP contribution >= 0.6 is 0 Å². The van der Waals surface area contributed by atoms with Crippen LogP contribution in [0.25, 0.3) is 0 Å². The van der Waals surface area contributed by atoms with Crippen LogP contribution in [0.2, 0.25) is 0 Å². The topological polar surface area (TPSA) is 95.3 Å². The lowest BCUT2D eigenvalue weighted by Gasteiger charge is -2.18. The van der Waals surface area contributed by atoms with Gasteiger partial charge in [0.15, 0.2) is 0 Å². The van der Waals surface area contributed by atoms with Gasteiger partial charge in [-0.15, -0.1) is 0 Å². The molecule has 18 heavy (non-hydrogen) atoms. The van der Waals surface area contributed by atoms with Crippen LogP contribution in [0.4, 0.5) is 11.4 Å². The average molecular weight is 270 g/mol. The number of guanidine groups is 1. The van der Waals surface area contributed by atoms with Gasteiger partial charge in [0.1, 0.15) is 0 Å². The summed E-state index contributed by atoms with van der Waals surface area (Å²) in [6.07, 6.45) is 1.04. The Balaban J connectivity index is 0.00000162. The van der Waals surface area contributed by atoms with E-state index in [0.717, 1.165) is 30.8 Å². The molecule has 1 fully saturated rings. The molecule has 1 unspecified atom stereocenters. The molecule has 5 nitrogen and oxygen atoms in total. The Morgan fingerprint density at radius 1 is 1.39 bits per heavy atom. The fraction of sp³-hybridized carbons (Fsp3) is 0.417. The summed E-state index contributed by atoms with van der Waals surface area (Å²) < 4.78 is 0. The van der Waals surface area contributed by atoms with Gasteiger partial charge in [-0.2, -0.15) is 0 Å². The van der Waals surface area contributed by atoms with Crippen LogP contribution in [-0.4, -0.2) is 25.1 Å². The number of hydrogen-bond donors (Lipinski definition) is 4. The van der Waals surface area contributed by atoms with E-state index >= 15 is 0 Å². The van der Waals surface area contributed by atoms with E-state index in [-0.39, 0.29) is 12.4 Å². The summed E-state index contributed by atoms with van der Waals surface area (Å²) in [6.45, 7) is 3.95. The minimum absolute atomic E-state index is 0. The molecule has 0 amide bonds. The van der Waals surface area contributed by atoms with Gasteiger partial charge < -0.3 is 23.0 Å². The second-order valence-electron chi connectivity index (χ2n) is 4.57. The largest absolute Gasteiger partial charge is 1.00 e. The molecule has 100 valence electrons. The Kier molecular flexibility index (Phi) is 4.67. The number of nitrogens with zero attached hydrogens (tertiary/aromatic N) is 1. The van der Waals surface area contributed by atoms with E-state index < -0.39 is 0 Å². The van der Waals surface area contributed by atoms with Crippen molar-refractivity contribution in [2.24, 2.45) is 11.5 Å². The predicted octanol–water partition coefficient (Wildman–Crippen LogP) is -4.49. The summed E-state index contributed by atoms with van der Waals surface area (Å²) in [4.78, 5) is 5.39. The molecule has 1 aliphatic heterocycles. The van der Waals surface area contributed by atoms with Gasteiger partial charge in [0, 0.05) is 24.3 Å². The van der Waals surface area contributed by atoms with Crippen molar-refractivity contribution in [1.29, 1.82) is 0 Å². The maximum absolute atomic E-state index is 5.81. The van der Waals surface area contributed by atoms with Gasteiger partial charge in [-0.25, -0.2) is 0 Å². The Labute approximate surface area is 113 Å². The van der Waals surface area contributed by atoms with Crippen LogP contribution < -0.4 is 39.5 Å². The zero-order valence-corrected chi connectivity index (χ0v) is 11.2. The molecule has 1 aromatic rings. The van der Waals surface area contributed by atoms with E-state index in [0.29, 0.717) is 12.0 Å². The maximum Gasteiger partial charge on any atom is 0.339 e. The summed E-state index contributed by atoms with van der Waals surface area (Å²) >= 11 is 0. The van der Waals surface area contributed by atoms with Crippen molar-refractivity contribution in [3.8, 4) is 0 Å². The molecule has 0 saturated carbocycles. The van der Waals surface area contributed by atoms with Crippen LogP contribution in [0.15, 0.2) is 18.2 Å². The van der Waals surface area contributed by atoms with Crippen molar-refractivity contribution in [3.05, 3.63) is 23.8 Å². The van der Waals surface area contributed by atoms with Gasteiger partial charge in [0.2, 0.25) is 0 Å². The lowest BCUT2D eigenvalue weighted by Crippen LogP contribution is -3.00. The van der Waals surface area contributed by atoms with E-state index in [1.54, 1.807) is 0 Å². The van der Waals surface area contributed by atoms with Crippen molar-refractivity contribution in [1.82, 2.24) is 0 Å². The molecule has 1 saturated heterocycles. The molecule has 1 heterocycles. The van der Waals surface area contributed by atoms with Crippen LogP contribution in [-0.2, 0) is 0 Å². The van der Waals surface area contributed by atoms with Gasteiger partial charge in [0.25, 0.3) is 0 Å². The van der Waals surface area contributed by atoms with Crippen molar-refractivity contribution in [3.63, 3.8) is 0 Å². The molecule has 1 atom stereocenters. The molecule has 1 aromatic carbocycles. The fourth-order valence-electron chi connectivity index (χ4n) is 2.20. The first-order valence-corrected chi connectivity index (χ1v) is 5.82. The molecule has 2 rings (SSSR count). The summed E-state index contributed by atoms with van der Waals surface area (Å²) in [6, 6.07) is 6.46. The SMILES string of the molecule is Cc1cc(N2CCC([NH+]=C(N)N)C2)ccc1N.[Cl-]. The molecule has 0 bridgehead atoms. The van der Waals surface area contributed by atoms with E-state index in [4.69, 9.17) is 17.2 Å². The van der Waals surface area contributed by atoms with Gasteiger partial charge in [-0.3, -0.25) is 16.5 Å². The fourth-order valence-corrected chi connectivity index (χ4v) is 2.20. The zero-order valence-electron chi connectivity index (χ0n) is 10.5. The third-order valence-corrected chi connectivity index (χ3v) is 3.18. The number of nitrogens with one attached hydrogen (secondary N) is 1. The first-order chi connectivity index (χ1) is 8.06. The quantitative estimate of drug-likeness (QED) is 0.247. The average Bonchev–Trinajstić information content (AvgIpc) is 2.69. The molecule has 0 aliphatic carbocycles. The number of nitrogen functional groups attached to an aromatic ring is 1. The highest BCUT2D eigenvalue weighted by Crippen LogP contribution is 2.23. The second-order valence-corrected chi connectivity index (χ2v) is 4.57. The third-order valence-electron chi connectivity index (χ3n) is 3.18. The molecular formula is C12H20ClN5. The minimum Gasteiger partial charge on any atom is -1.00 e. The molecule has 6 heteroatoms. The number of aryl methyl sites for hydroxylation is 1. The van der Waals surface area contributed by atoms with Gasteiger partial charge >= 0.3 is 5.96 Å². The zero-order chi connectivity index (χ0) is 12.4. The molecule has 7 N–H and O–H groups in total. The molecule has 0 radical (unpaired) electrons. The highest BCUT2D eigenvalue weighted by Gasteiger charge is 2.23. The molecule has 0 spiro atoms. The first kappa shape index (κ1) is 14.4. The highest BCUT2D eigenvalue weighted by molar-refractivity contribution is 5.69. The minimum atomic E-state index is 0. The standard InChI is InChI=1S/C12H19N5.ClH/c1-8-6-10(2-3-11(8)13)17-5-4-9(7-17)16-12(14)15;/h2-3,6,9H,4-5,7,13H2,1H3,(H4,14,15,16);1H. The predicted molar refractivity (Wildman–Crippen MR) is 70.6 cm³/mol. The smallest absolute Gasteiger partial charge is 0.339 e. The Bertz CT molecular complexity index is 442. The molecule has 1 aliphatic rings. The van der Waals surface area contributed by atoms with E-state index in [1.807, 2.05) is 13.0 Å². The van der Waals surface area contributed by atoms with Crippen LogP contribution in [0.3, 0.4) is 0 Å². The summed E-state index contributed by atoms with van der Waals surface area (Å²) in [5.41, 5.74) is 19.9. The number of benzene rings is 1. The number of anilines is 2. The highest BCUT2D eigenvalue weighted by atomic mass is 35.5. The second kappa shape index (κ2) is 5.82. The third kappa shape index (κ3) is 3.20. The lowest BCUT2D eigenvalue weighted by molar-refractivity contribution is -0.498. The lowest BCUT2D eigenvalue weighted by atomic mass is 10.2. The maximum atomic E-state index is 5.81. The number of nitrogens with two attached hydrogens (primary N) is 3. The Morgan fingerprint density at radius 2 is 2.11 bits per heavy atom. The summed E-state index contributed by atoms with van der Waals surface area (Å²) in [5.74, 6) is 0.297. The van der Waals surface area contributed by atoms with E-state index in [9.17, 15) is 0 Å². The van der Waals surface area contributed by atoms with Crippen LogP contribution in [0.1, 0.15) is 12.0 Å². The molecular weight excluding hydrogens is 250 g/mol. The van der Waals surface area contributed by atoms with Gasteiger partial charge in [0.05, 0.1) is 12.6 Å². The summed E-state index contributed by atoms with van der Waals surface area (Å²) in [5, 5.41) is 0. The van der Waals surface area contributed by atoms with Gasteiger partial charge in [-0.1, -0.05) is 0 Å². The molecule has 0 aromatic heterocycles. The van der Waals surface area contributed by atoms with Crippen molar-refractivity contribution in [2.75, 3.05) is 23.7 Å². The van der Waals surface area contributed by atoms with Crippen molar-refractivity contribution < 1.29 is 17.4 Å². The Morgan fingerprint density at radius 3 is 2.72 bits per heavy atom. The normalized spacial score (nSPS) is 18.3. The number of hydrogen-bond acceptors (Lipinski definition) is 2. The van der Waals surface area contributed by atoms with E-state index in [1.165, 1.54) is 5.69 Å². The Hall–Kier alpha value is -1.62. The first-order valence-electron chi connectivity index (χ1n) is 5.82. The van der Waals surface area contributed by atoms with Crippen molar-refractivity contribution in [2.45, 2.75) is 19.4 Å². The van der Waals surface area contributed by atoms with Gasteiger partial charge in [-0.05, 0) is 30.7 Å². The number of rotatable bonds is 2. The number of halogens is 1. The van der Waals surface area contributed by atoms with E-state index in [2.05, 4.69) is 22.0 Å². The van der Waals surface area contributed by atoms with Crippen molar-refractivity contribution >= 4 is 17.3 Å². The van der Waals surface area contributed by atoms with Crippen LogP contribution in [0.5, 0.6) is 0 Å².